The van der Waals surface area contributed by atoms with E-state index >= 15 is 0 Å². The summed E-state index contributed by atoms with van der Waals surface area (Å²) in [5.74, 6) is 1.58. The average Bonchev–Trinajstić information content (AvgIpc) is 2.30. The van der Waals surface area contributed by atoms with Crippen LogP contribution in [0.5, 0.6) is 11.5 Å². The first-order valence-corrected chi connectivity index (χ1v) is 5.61. The third-order valence-electron chi connectivity index (χ3n) is 2.54. The van der Waals surface area contributed by atoms with E-state index < -0.39 is 5.60 Å². The van der Waals surface area contributed by atoms with E-state index in [1.54, 1.807) is 13.8 Å². The van der Waals surface area contributed by atoms with Gasteiger partial charge in [0.2, 0.25) is 0 Å². The highest BCUT2D eigenvalue weighted by Gasteiger charge is 2.15. The Balaban J connectivity index is 2.14. The maximum Gasteiger partial charge on any atom is 0.127 e. The minimum absolute atomic E-state index is 0.768. The van der Waals surface area contributed by atoms with E-state index in [-0.39, 0.29) is 0 Å². The van der Waals surface area contributed by atoms with Crippen LogP contribution >= 0.6 is 0 Å². The van der Waals surface area contributed by atoms with Gasteiger partial charge < -0.3 is 9.84 Å². The third-order valence-corrected chi connectivity index (χ3v) is 2.54. The lowest BCUT2D eigenvalue weighted by atomic mass is 9.99. The smallest absolute Gasteiger partial charge is 0.127 e. The molecular weight excluding hydrogens is 212 g/mol. The Hall–Kier alpha value is -1.80. The molecule has 17 heavy (non-hydrogen) atoms. The molecular formula is C15H16O2. The second-order valence-corrected chi connectivity index (χ2v) is 4.50. The van der Waals surface area contributed by atoms with Crippen molar-refractivity contribution < 1.29 is 9.84 Å². The summed E-state index contributed by atoms with van der Waals surface area (Å²) in [6.07, 6.45) is 0. The van der Waals surface area contributed by atoms with Gasteiger partial charge in [-0.25, -0.2) is 0 Å². The normalized spacial score (nSPS) is 11.2. The summed E-state index contributed by atoms with van der Waals surface area (Å²) in [4.78, 5) is 0. The lowest BCUT2D eigenvalue weighted by Crippen LogP contribution is -2.14. The molecule has 0 radical (unpaired) electrons. The Morgan fingerprint density at radius 3 is 1.88 bits per heavy atom. The fourth-order valence-corrected chi connectivity index (χ4v) is 1.56. The van der Waals surface area contributed by atoms with E-state index in [1.165, 1.54) is 0 Å². The number of hydrogen-bond donors (Lipinski definition) is 1. The number of aliphatic hydroxyl groups is 1. The highest BCUT2D eigenvalue weighted by molar-refractivity contribution is 5.34. The highest BCUT2D eigenvalue weighted by Crippen LogP contribution is 2.25. The largest absolute Gasteiger partial charge is 0.457 e. The Kier molecular flexibility index (Phi) is 3.16. The molecule has 0 fully saturated rings. The predicted octanol–water partition coefficient (Wildman–Crippen LogP) is 3.71. The van der Waals surface area contributed by atoms with Crippen molar-refractivity contribution in [1.29, 1.82) is 0 Å². The van der Waals surface area contributed by atoms with Gasteiger partial charge in [0.05, 0.1) is 5.60 Å². The Labute approximate surface area is 101 Å². The summed E-state index contributed by atoms with van der Waals surface area (Å²) in [6.45, 7) is 3.53. The summed E-state index contributed by atoms with van der Waals surface area (Å²) in [5, 5.41) is 9.83. The monoisotopic (exact) mass is 228 g/mol. The summed E-state index contributed by atoms with van der Waals surface area (Å²) in [6, 6.07) is 17.1. The Bertz CT molecular complexity index is 467. The van der Waals surface area contributed by atoms with E-state index in [9.17, 15) is 5.11 Å². The molecule has 2 aromatic rings. The molecule has 2 rings (SSSR count). The van der Waals surface area contributed by atoms with Gasteiger partial charge in [0, 0.05) is 0 Å². The topological polar surface area (TPSA) is 29.5 Å². The molecule has 0 aliphatic heterocycles. The van der Waals surface area contributed by atoms with Crippen molar-refractivity contribution in [3.8, 4) is 11.5 Å². The molecule has 1 N–H and O–H groups in total. The maximum atomic E-state index is 9.83. The highest BCUT2D eigenvalue weighted by atomic mass is 16.5. The van der Waals surface area contributed by atoms with Crippen LogP contribution in [0.15, 0.2) is 54.6 Å². The summed E-state index contributed by atoms with van der Waals surface area (Å²) in [7, 11) is 0. The Morgan fingerprint density at radius 2 is 1.35 bits per heavy atom. The molecule has 0 bridgehead atoms. The summed E-state index contributed by atoms with van der Waals surface area (Å²) < 4.78 is 5.66. The quantitative estimate of drug-likeness (QED) is 0.867. The third kappa shape index (κ3) is 3.08. The minimum Gasteiger partial charge on any atom is -0.457 e. The van der Waals surface area contributed by atoms with Crippen LogP contribution in [-0.4, -0.2) is 5.11 Å². The molecule has 2 aromatic carbocycles. The predicted molar refractivity (Wildman–Crippen MR) is 68.2 cm³/mol. The maximum absolute atomic E-state index is 9.83. The summed E-state index contributed by atoms with van der Waals surface area (Å²) in [5.41, 5.74) is 0.0589. The van der Waals surface area contributed by atoms with Gasteiger partial charge in [-0.3, -0.25) is 0 Å². The molecule has 0 spiro atoms. The van der Waals surface area contributed by atoms with Gasteiger partial charge in [-0.05, 0) is 43.7 Å². The van der Waals surface area contributed by atoms with Crippen LogP contribution in [0.3, 0.4) is 0 Å². The van der Waals surface area contributed by atoms with Crippen molar-refractivity contribution >= 4 is 0 Å². The minimum atomic E-state index is -0.814. The van der Waals surface area contributed by atoms with E-state index in [1.807, 2.05) is 54.6 Å². The van der Waals surface area contributed by atoms with Crippen LogP contribution in [0.2, 0.25) is 0 Å². The molecule has 0 amide bonds. The fourth-order valence-electron chi connectivity index (χ4n) is 1.56. The number of ether oxygens (including phenoxy) is 1. The first kappa shape index (κ1) is 11.7. The first-order chi connectivity index (χ1) is 8.05. The molecule has 0 heterocycles. The molecule has 2 nitrogen and oxygen atoms in total. The zero-order valence-corrected chi connectivity index (χ0v) is 10.1. The molecule has 0 unspecified atom stereocenters. The lowest BCUT2D eigenvalue weighted by Gasteiger charge is -2.17. The number of hydrogen-bond acceptors (Lipinski definition) is 2. The number of rotatable bonds is 3. The van der Waals surface area contributed by atoms with Gasteiger partial charge in [-0.2, -0.15) is 0 Å². The van der Waals surface area contributed by atoms with Gasteiger partial charge in [-0.1, -0.05) is 30.3 Å². The van der Waals surface area contributed by atoms with Crippen LogP contribution in [0.4, 0.5) is 0 Å². The van der Waals surface area contributed by atoms with Gasteiger partial charge in [0.25, 0.3) is 0 Å². The second-order valence-electron chi connectivity index (χ2n) is 4.50. The van der Waals surface area contributed by atoms with E-state index in [0.29, 0.717) is 0 Å². The lowest BCUT2D eigenvalue weighted by molar-refractivity contribution is 0.0786. The van der Waals surface area contributed by atoms with Crippen LogP contribution in [0.25, 0.3) is 0 Å². The van der Waals surface area contributed by atoms with Crippen molar-refractivity contribution in [2.45, 2.75) is 19.4 Å². The standard InChI is InChI=1S/C15H16O2/c1-15(2,16)12-8-10-14(11-9-12)17-13-6-4-3-5-7-13/h3-11,16H,1-2H3. The van der Waals surface area contributed by atoms with Crippen LogP contribution < -0.4 is 4.74 Å². The molecule has 0 saturated carbocycles. The first-order valence-electron chi connectivity index (χ1n) is 5.61. The average molecular weight is 228 g/mol. The van der Waals surface area contributed by atoms with Gasteiger partial charge in [0.1, 0.15) is 11.5 Å². The molecule has 2 heteroatoms. The second kappa shape index (κ2) is 4.60. The van der Waals surface area contributed by atoms with Crippen molar-refractivity contribution in [3.05, 3.63) is 60.2 Å². The molecule has 0 aliphatic carbocycles. The van der Waals surface area contributed by atoms with E-state index in [4.69, 9.17) is 4.74 Å². The number of benzene rings is 2. The molecule has 0 atom stereocenters. The Morgan fingerprint density at radius 1 is 0.824 bits per heavy atom. The van der Waals surface area contributed by atoms with Crippen LogP contribution in [-0.2, 0) is 5.60 Å². The van der Waals surface area contributed by atoms with Gasteiger partial charge >= 0.3 is 0 Å². The van der Waals surface area contributed by atoms with Crippen molar-refractivity contribution in [2.24, 2.45) is 0 Å². The van der Waals surface area contributed by atoms with Gasteiger partial charge in [0.15, 0.2) is 0 Å². The van der Waals surface area contributed by atoms with Gasteiger partial charge in [-0.15, -0.1) is 0 Å². The zero-order chi connectivity index (χ0) is 12.3. The number of para-hydroxylation sites is 1. The van der Waals surface area contributed by atoms with E-state index in [2.05, 4.69) is 0 Å². The van der Waals surface area contributed by atoms with Crippen molar-refractivity contribution in [2.75, 3.05) is 0 Å². The zero-order valence-electron chi connectivity index (χ0n) is 10.1. The van der Waals surface area contributed by atoms with Crippen LogP contribution in [0, 0.1) is 0 Å². The summed E-state index contributed by atoms with van der Waals surface area (Å²) >= 11 is 0. The van der Waals surface area contributed by atoms with Crippen LogP contribution in [0.1, 0.15) is 19.4 Å². The van der Waals surface area contributed by atoms with Crippen molar-refractivity contribution in [3.63, 3.8) is 0 Å². The molecule has 0 aromatic heterocycles. The fraction of sp³-hybridized carbons (Fsp3) is 0.200. The molecule has 88 valence electrons. The van der Waals surface area contributed by atoms with Crippen molar-refractivity contribution in [1.82, 2.24) is 0 Å². The molecule has 0 aliphatic rings. The SMILES string of the molecule is CC(C)(O)c1ccc(Oc2ccccc2)cc1. The molecule has 0 saturated heterocycles. The van der Waals surface area contributed by atoms with E-state index in [0.717, 1.165) is 17.1 Å².